The maximum absolute atomic E-state index is 13.3. The van der Waals surface area contributed by atoms with Crippen LogP contribution < -0.4 is 14.5 Å². The molecule has 4 saturated heterocycles. The Morgan fingerprint density at radius 3 is 2.12 bits per heavy atom. The van der Waals surface area contributed by atoms with E-state index in [-0.39, 0.29) is 10.8 Å². The van der Waals surface area contributed by atoms with Crippen molar-refractivity contribution in [2.24, 2.45) is 10.8 Å². The molecule has 136 valence electrons. The summed E-state index contributed by atoms with van der Waals surface area (Å²) < 4.78 is 7.06. The maximum atomic E-state index is 13.3. The van der Waals surface area contributed by atoms with E-state index in [1.165, 1.54) is 5.56 Å². The quantitative estimate of drug-likeness (QED) is 0.762. The van der Waals surface area contributed by atoms with E-state index < -0.39 is 0 Å². The van der Waals surface area contributed by atoms with Crippen LogP contribution in [-0.4, -0.2) is 38.6 Å². The SMILES string of the molecule is CCOc1ccc(Br)cc1C1[NH+]2CC3(CC)C[NH+]1CC(CC)(C2)C3=O. The van der Waals surface area contributed by atoms with Gasteiger partial charge in [0.1, 0.15) is 48.3 Å². The average molecular weight is 409 g/mol. The van der Waals surface area contributed by atoms with Crippen LogP contribution in [0.3, 0.4) is 0 Å². The van der Waals surface area contributed by atoms with Gasteiger partial charge in [0.05, 0.1) is 6.61 Å². The summed E-state index contributed by atoms with van der Waals surface area (Å²) in [6.45, 7) is 11.1. The summed E-state index contributed by atoms with van der Waals surface area (Å²) in [5.41, 5.74) is 1.08. The molecule has 0 radical (unpaired) electrons. The van der Waals surface area contributed by atoms with Crippen molar-refractivity contribution in [1.82, 2.24) is 0 Å². The fourth-order valence-corrected chi connectivity index (χ4v) is 6.24. The number of carbonyl (C=O) groups excluding carboxylic acids is 1. The zero-order valence-electron chi connectivity index (χ0n) is 15.5. The van der Waals surface area contributed by atoms with E-state index in [1.54, 1.807) is 9.80 Å². The minimum atomic E-state index is -0.106. The molecule has 1 aromatic carbocycles. The topological polar surface area (TPSA) is 35.2 Å². The lowest BCUT2D eigenvalue weighted by atomic mass is 9.58. The Kier molecular flexibility index (Phi) is 4.25. The van der Waals surface area contributed by atoms with E-state index >= 15 is 0 Å². The molecule has 4 aliphatic rings. The van der Waals surface area contributed by atoms with E-state index in [2.05, 4.69) is 48.0 Å². The van der Waals surface area contributed by atoms with Crippen molar-refractivity contribution in [2.45, 2.75) is 39.8 Å². The molecule has 0 spiro atoms. The monoisotopic (exact) mass is 408 g/mol. The van der Waals surface area contributed by atoms with Gasteiger partial charge in [-0.1, -0.05) is 29.8 Å². The smallest absolute Gasteiger partial charge is 0.244 e. The summed E-state index contributed by atoms with van der Waals surface area (Å²) in [6.07, 6.45) is 2.33. The largest absolute Gasteiger partial charge is 0.493 e. The van der Waals surface area contributed by atoms with Gasteiger partial charge < -0.3 is 4.74 Å². The Morgan fingerprint density at radius 1 is 1.08 bits per heavy atom. The first kappa shape index (κ1) is 17.5. The highest BCUT2D eigenvalue weighted by atomic mass is 79.9. The van der Waals surface area contributed by atoms with Gasteiger partial charge in [0.25, 0.3) is 0 Å². The Balaban J connectivity index is 1.77. The van der Waals surface area contributed by atoms with Gasteiger partial charge in [0, 0.05) is 4.47 Å². The number of hydrogen-bond acceptors (Lipinski definition) is 2. The van der Waals surface area contributed by atoms with Crippen LogP contribution >= 0.6 is 15.9 Å². The van der Waals surface area contributed by atoms with E-state index in [4.69, 9.17) is 4.74 Å². The zero-order valence-corrected chi connectivity index (χ0v) is 17.0. The van der Waals surface area contributed by atoms with E-state index in [9.17, 15) is 4.79 Å². The summed E-state index contributed by atoms with van der Waals surface area (Å²) in [4.78, 5) is 16.4. The van der Waals surface area contributed by atoms with Crippen LogP contribution in [-0.2, 0) is 4.79 Å². The second-order valence-electron chi connectivity index (χ2n) is 8.17. The van der Waals surface area contributed by atoms with Gasteiger partial charge in [-0.3, -0.25) is 14.6 Å². The fraction of sp³-hybridized carbons (Fsp3) is 0.650. The second kappa shape index (κ2) is 6.07. The number of carbonyl (C=O) groups is 1. The van der Waals surface area contributed by atoms with Crippen LogP contribution in [0.15, 0.2) is 22.7 Å². The van der Waals surface area contributed by atoms with Crippen LogP contribution in [0.4, 0.5) is 0 Å². The van der Waals surface area contributed by atoms with Crippen LogP contribution in [0.5, 0.6) is 5.75 Å². The van der Waals surface area contributed by atoms with Gasteiger partial charge in [-0.2, -0.15) is 0 Å². The molecular formula is C20H29BrN2O2+2. The molecule has 5 rings (SSSR count). The summed E-state index contributed by atoms with van der Waals surface area (Å²) in [7, 11) is 0. The number of rotatable bonds is 5. The predicted molar refractivity (Wildman–Crippen MR) is 99.9 cm³/mol. The van der Waals surface area contributed by atoms with Crippen molar-refractivity contribution >= 4 is 21.7 Å². The Morgan fingerprint density at radius 2 is 1.64 bits per heavy atom. The van der Waals surface area contributed by atoms with Gasteiger partial charge in [0.15, 0.2) is 5.78 Å². The van der Waals surface area contributed by atoms with Crippen molar-refractivity contribution in [3.63, 3.8) is 0 Å². The number of hydrogen-bond donors (Lipinski definition) is 2. The lowest BCUT2D eigenvalue weighted by Crippen LogP contribution is -3.41. The molecule has 25 heavy (non-hydrogen) atoms. The zero-order chi connectivity index (χ0) is 17.8. The Bertz CT molecular complexity index is 663. The molecule has 4 nitrogen and oxygen atoms in total. The number of piperidine rings is 2. The molecule has 0 aliphatic carbocycles. The summed E-state index contributed by atoms with van der Waals surface area (Å²) in [6, 6.07) is 6.38. The molecule has 1 aromatic rings. The number of benzene rings is 1. The van der Waals surface area contributed by atoms with Gasteiger partial charge in [-0.25, -0.2) is 0 Å². The Hall–Kier alpha value is -0.910. The van der Waals surface area contributed by atoms with Crippen molar-refractivity contribution < 1.29 is 19.3 Å². The minimum Gasteiger partial charge on any atom is -0.493 e. The number of Topliss-reactive ketones (excluding diaryl/α,β-unsaturated/α-hetero) is 1. The van der Waals surface area contributed by atoms with Crippen LogP contribution in [0.1, 0.15) is 45.3 Å². The lowest BCUT2D eigenvalue weighted by Gasteiger charge is -2.60. The van der Waals surface area contributed by atoms with Crippen LogP contribution in [0.25, 0.3) is 0 Å². The van der Waals surface area contributed by atoms with Crippen molar-refractivity contribution in [3.8, 4) is 5.75 Å². The number of ether oxygens (including phenoxy) is 1. The molecule has 0 atom stereocenters. The third-order valence-corrected chi connectivity index (χ3v) is 7.47. The summed E-state index contributed by atoms with van der Waals surface area (Å²) in [5.74, 6) is 1.57. The minimum absolute atomic E-state index is 0.106. The molecule has 0 aromatic heterocycles. The molecular weight excluding hydrogens is 380 g/mol. The van der Waals surface area contributed by atoms with Crippen molar-refractivity contribution in [2.75, 3.05) is 32.8 Å². The number of nitrogens with one attached hydrogen (secondary N) is 2. The number of quaternary nitrogens is 2. The first-order valence-corrected chi connectivity index (χ1v) is 10.4. The van der Waals surface area contributed by atoms with Crippen LogP contribution in [0, 0.1) is 10.8 Å². The highest BCUT2D eigenvalue weighted by Gasteiger charge is 2.70. The molecule has 4 aliphatic heterocycles. The summed E-state index contributed by atoms with van der Waals surface area (Å²) >= 11 is 3.64. The molecule has 0 unspecified atom stereocenters. The molecule has 0 saturated carbocycles. The highest BCUT2D eigenvalue weighted by Crippen LogP contribution is 2.41. The van der Waals surface area contributed by atoms with Crippen LogP contribution in [0.2, 0.25) is 0 Å². The van der Waals surface area contributed by atoms with E-state index in [0.29, 0.717) is 18.6 Å². The van der Waals surface area contributed by atoms with Crippen molar-refractivity contribution in [1.29, 1.82) is 0 Å². The van der Waals surface area contributed by atoms with Crippen molar-refractivity contribution in [3.05, 3.63) is 28.2 Å². The van der Waals surface area contributed by atoms with Gasteiger partial charge in [-0.05, 0) is 38.0 Å². The number of halogens is 1. The first-order valence-electron chi connectivity index (χ1n) is 9.65. The third kappa shape index (κ3) is 2.42. The predicted octanol–water partition coefficient (Wildman–Crippen LogP) is 1.02. The molecule has 4 heterocycles. The highest BCUT2D eigenvalue weighted by molar-refractivity contribution is 9.10. The van der Waals surface area contributed by atoms with Gasteiger partial charge in [-0.15, -0.1) is 0 Å². The summed E-state index contributed by atoms with van der Waals surface area (Å²) in [5, 5.41) is 0. The molecule has 4 fully saturated rings. The fourth-order valence-electron chi connectivity index (χ4n) is 5.86. The Labute approximate surface area is 158 Å². The molecule has 4 bridgehead atoms. The molecule has 0 amide bonds. The van der Waals surface area contributed by atoms with E-state index in [1.807, 2.05) is 6.92 Å². The van der Waals surface area contributed by atoms with E-state index in [0.717, 1.165) is 49.2 Å². The standard InChI is InChI=1S/C20H27BrN2O2/c1-4-19-10-22-12-20(5-2,18(19)24)13-23(11-19)17(22)15-9-14(21)7-8-16(15)25-6-3/h7-9,17H,4-6,10-13H2,1-3H3/p+2. The average Bonchev–Trinajstić information content (AvgIpc) is 2.60. The normalized spacial score (nSPS) is 39.0. The van der Waals surface area contributed by atoms with Gasteiger partial charge >= 0.3 is 0 Å². The third-order valence-electron chi connectivity index (χ3n) is 6.98. The second-order valence-corrected chi connectivity index (χ2v) is 9.08. The molecule has 5 heteroatoms. The number of ketones is 1. The lowest BCUT2D eigenvalue weighted by molar-refractivity contribution is -1.18. The maximum Gasteiger partial charge on any atom is 0.244 e. The molecule has 2 N–H and O–H groups in total. The first-order chi connectivity index (χ1) is 12.0. The van der Waals surface area contributed by atoms with Gasteiger partial charge in [0.2, 0.25) is 6.17 Å².